The van der Waals surface area contributed by atoms with Gasteiger partial charge in [0.1, 0.15) is 0 Å². The highest BCUT2D eigenvalue weighted by Crippen LogP contribution is 2.20. The second-order valence-corrected chi connectivity index (χ2v) is 4.27. The molecule has 0 unspecified atom stereocenters. The van der Waals surface area contributed by atoms with Crippen LogP contribution in [0.2, 0.25) is 0 Å². The van der Waals surface area contributed by atoms with Crippen molar-refractivity contribution in [2.75, 3.05) is 13.6 Å². The third-order valence-electron chi connectivity index (χ3n) is 2.75. The van der Waals surface area contributed by atoms with Gasteiger partial charge in [0.05, 0.1) is 0 Å². The Labute approximate surface area is 80.4 Å². The molecular formula is C12H17N. The van der Waals surface area contributed by atoms with Gasteiger partial charge in [-0.15, -0.1) is 0 Å². The predicted octanol–water partition coefficient (Wildman–Crippen LogP) is 2.31. The summed E-state index contributed by atoms with van der Waals surface area (Å²) >= 11 is 0. The van der Waals surface area contributed by atoms with Crippen LogP contribution in [-0.4, -0.2) is 18.5 Å². The summed E-state index contributed by atoms with van der Waals surface area (Å²) in [6.07, 6.45) is 1.24. The molecule has 1 aliphatic heterocycles. The van der Waals surface area contributed by atoms with Crippen LogP contribution in [0.1, 0.15) is 18.1 Å². The van der Waals surface area contributed by atoms with Gasteiger partial charge in [-0.3, -0.25) is 0 Å². The first kappa shape index (κ1) is 8.76. The molecule has 13 heavy (non-hydrogen) atoms. The first-order chi connectivity index (χ1) is 6.25. The molecular weight excluding hydrogens is 158 g/mol. The molecule has 0 saturated carbocycles. The highest BCUT2D eigenvalue weighted by molar-refractivity contribution is 5.28. The van der Waals surface area contributed by atoms with E-state index in [0.29, 0.717) is 0 Å². The van der Waals surface area contributed by atoms with E-state index in [0.717, 1.165) is 12.5 Å². The average molecular weight is 175 g/mol. The zero-order valence-corrected chi connectivity index (χ0v) is 8.46. The largest absolute Gasteiger partial charge is 0.302 e. The summed E-state index contributed by atoms with van der Waals surface area (Å²) < 4.78 is 0. The molecule has 0 amide bonds. The van der Waals surface area contributed by atoms with Crippen molar-refractivity contribution in [1.29, 1.82) is 0 Å². The van der Waals surface area contributed by atoms with Crippen LogP contribution in [0.3, 0.4) is 0 Å². The lowest BCUT2D eigenvalue weighted by atomic mass is 9.99. The van der Waals surface area contributed by atoms with Crippen LogP contribution in [0.25, 0.3) is 0 Å². The Morgan fingerprint density at radius 1 is 1.23 bits per heavy atom. The summed E-state index contributed by atoms with van der Waals surface area (Å²) in [5.74, 6) is 0.786. The molecule has 0 aromatic heterocycles. The van der Waals surface area contributed by atoms with E-state index in [1.165, 1.54) is 18.5 Å². The molecule has 1 atom stereocenters. The van der Waals surface area contributed by atoms with Crippen LogP contribution >= 0.6 is 0 Å². The second-order valence-electron chi connectivity index (χ2n) is 4.27. The lowest BCUT2D eigenvalue weighted by Gasteiger charge is -2.15. The second kappa shape index (κ2) is 3.51. The molecule has 0 saturated heterocycles. The van der Waals surface area contributed by atoms with E-state index >= 15 is 0 Å². The Kier molecular flexibility index (Phi) is 2.36. The zero-order chi connectivity index (χ0) is 9.26. The van der Waals surface area contributed by atoms with Crippen molar-refractivity contribution < 1.29 is 0 Å². The molecule has 1 aromatic carbocycles. The van der Waals surface area contributed by atoms with Crippen LogP contribution < -0.4 is 0 Å². The van der Waals surface area contributed by atoms with Crippen molar-refractivity contribution >= 4 is 0 Å². The van der Waals surface area contributed by atoms with Crippen LogP contribution in [0, 0.1) is 5.92 Å². The molecule has 1 aliphatic rings. The van der Waals surface area contributed by atoms with Crippen molar-refractivity contribution in [3.63, 3.8) is 0 Å². The van der Waals surface area contributed by atoms with E-state index in [1.54, 1.807) is 5.56 Å². The van der Waals surface area contributed by atoms with Crippen LogP contribution in [-0.2, 0) is 13.0 Å². The van der Waals surface area contributed by atoms with Gasteiger partial charge in [0.15, 0.2) is 0 Å². The third-order valence-corrected chi connectivity index (χ3v) is 2.75. The topological polar surface area (TPSA) is 3.24 Å². The monoisotopic (exact) mass is 175 g/mol. The van der Waals surface area contributed by atoms with Crippen molar-refractivity contribution in [1.82, 2.24) is 4.90 Å². The van der Waals surface area contributed by atoms with Gasteiger partial charge in [-0.25, -0.2) is 0 Å². The molecule has 1 nitrogen and oxygen atoms in total. The normalized spacial score (nSPS) is 23.7. The number of nitrogens with zero attached hydrogens (tertiary/aromatic N) is 1. The number of fused-ring (bicyclic) bond motifs is 1. The number of hydrogen-bond acceptors (Lipinski definition) is 1. The highest BCUT2D eigenvalue weighted by Gasteiger charge is 2.15. The first-order valence-corrected chi connectivity index (χ1v) is 5.01. The smallest absolute Gasteiger partial charge is 0.0233 e. The standard InChI is InChI=1S/C12H17N/c1-10-7-11-5-3-4-6-12(11)9-13(2)8-10/h3-6,10H,7-9H2,1-2H3/t10-/m0/s1. The number of rotatable bonds is 0. The quantitative estimate of drug-likeness (QED) is 0.585. The minimum atomic E-state index is 0.786. The summed E-state index contributed by atoms with van der Waals surface area (Å²) in [5, 5.41) is 0. The Morgan fingerprint density at radius 2 is 1.92 bits per heavy atom. The molecule has 0 fully saturated rings. The molecule has 0 radical (unpaired) electrons. The van der Waals surface area contributed by atoms with E-state index in [4.69, 9.17) is 0 Å². The maximum Gasteiger partial charge on any atom is 0.0233 e. The maximum absolute atomic E-state index is 2.41. The Balaban J connectivity index is 2.32. The van der Waals surface area contributed by atoms with Gasteiger partial charge < -0.3 is 4.90 Å². The average Bonchev–Trinajstić information content (AvgIpc) is 2.20. The molecule has 1 heterocycles. The molecule has 0 bridgehead atoms. The van der Waals surface area contributed by atoms with Crippen molar-refractivity contribution in [3.05, 3.63) is 35.4 Å². The number of benzene rings is 1. The van der Waals surface area contributed by atoms with Gasteiger partial charge in [0.2, 0.25) is 0 Å². The van der Waals surface area contributed by atoms with E-state index < -0.39 is 0 Å². The van der Waals surface area contributed by atoms with E-state index in [9.17, 15) is 0 Å². The van der Waals surface area contributed by atoms with Gasteiger partial charge in [0.25, 0.3) is 0 Å². The van der Waals surface area contributed by atoms with Crippen molar-refractivity contribution in [2.24, 2.45) is 5.92 Å². The Hall–Kier alpha value is -0.820. The zero-order valence-electron chi connectivity index (χ0n) is 8.46. The van der Waals surface area contributed by atoms with E-state index in [2.05, 4.69) is 43.1 Å². The van der Waals surface area contributed by atoms with Crippen LogP contribution in [0.15, 0.2) is 24.3 Å². The third kappa shape index (κ3) is 1.92. The summed E-state index contributed by atoms with van der Waals surface area (Å²) in [6, 6.07) is 8.81. The summed E-state index contributed by atoms with van der Waals surface area (Å²) in [6.45, 7) is 4.66. The minimum absolute atomic E-state index is 0.786. The molecule has 0 N–H and O–H groups in total. The van der Waals surface area contributed by atoms with Crippen molar-refractivity contribution in [2.45, 2.75) is 19.9 Å². The lowest BCUT2D eigenvalue weighted by molar-refractivity contribution is 0.291. The molecule has 1 heteroatoms. The molecule has 70 valence electrons. The minimum Gasteiger partial charge on any atom is -0.302 e. The summed E-state index contributed by atoms with van der Waals surface area (Å²) in [7, 11) is 2.21. The van der Waals surface area contributed by atoms with Gasteiger partial charge >= 0.3 is 0 Å². The molecule has 0 aliphatic carbocycles. The van der Waals surface area contributed by atoms with E-state index in [-0.39, 0.29) is 0 Å². The Morgan fingerprint density at radius 3 is 2.69 bits per heavy atom. The van der Waals surface area contributed by atoms with Crippen LogP contribution in [0.5, 0.6) is 0 Å². The van der Waals surface area contributed by atoms with Crippen molar-refractivity contribution in [3.8, 4) is 0 Å². The molecule has 2 rings (SSSR count). The van der Waals surface area contributed by atoms with Gasteiger partial charge in [-0.1, -0.05) is 31.2 Å². The fraction of sp³-hybridized carbons (Fsp3) is 0.500. The van der Waals surface area contributed by atoms with Gasteiger partial charge in [0, 0.05) is 13.1 Å². The maximum atomic E-state index is 2.41. The number of hydrogen-bond donors (Lipinski definition) is 0. The van der Waals surface area contributed by atoms with Gasteiger partial charge in [-0.2, -0.15) is 0 Å². The summed E-state index contributed by atoms with van der Waals surface area (Å²) in [5.41, 5.74) is 3.05. The predicted molar refractivity (Wildman–Crippen MR) is 55.6 cm³/mol. The van der Waals surface area contributed by atoms with Gasteiger partial charge in [-0.05, 0) is 30.5 Å². The first-order valence-electron chi connectivity index (χ1n) is 5.01. The highest BCUT2D eigenvalue weighted by atomic mass is 15.1. The molecule has 1 aromatic rings. The fourth-order valence-corrected chi connectivity index (χ4v) is 2.24. The van der Waals surface area contributed by atoms with E-state index in [1.807, 2.05) is 0 Å². The Bertz CT molecular complexity index is 264. The molecule has 0 spiro atoms. The lowest BCUT2D eigenvalue weighted by Crippen LogP contribution is -2.21. The fourth-order valence-electron chi connectivity index (χ4n) is 2.24. The SMILES string of the molecule is C[C@H]1Cc2ccccc2CN(C)C1. The summed E-state index contributed by atoms with van der Waals surface area (Å²) in [4.78, 5) is 2.41. The van der Waals surface area contributed by atoms with Crippen LogP contribution in [0.4, 0.5) is 0 Å².